The van der Waals surface area contributed by atoms with Gasteiger partial charge in [-0.25, -0.2) is 0 Å². The number of H-pyrrole nitrogens is 1. The van der Waals surface area contributed by atoms with Gasteiger partial charge in [-0.05, 0) is 31.8 Å². The molecule has 1 aromatic heterocycles. The van der Waals surface area contributed by atoms with Gasteiger partial charge in [-0.15, -0.1) is 12.4 Å². The maximum Gasteiger partial charge on any atom is 0.255 e. The summed E-state index contributed by atoms with van der Waals surface area (Å²) in [6.45, 7) is 2.87. The van der Waals surface area contributed by atoms with E-state index >= 15 is 0 Å². The molecule has 0 spiro atoms. The van der Waals surface area contributed by atoms with Crippen LogP contribution in [0.2, 0.25) is 0 Å². The van der Waals surface area contributed by atoms with E-state index in [1.165, 1.54) is 6.42 Å². The number of halogens is 1. The van der Waals surface area contributed by atoms with Crippen LogP contribution < -0.4 is 10.6 Å². The van der Waals surface area contributed by atoms with Crippen LogP contribution in [0.25, 0.3) is 11.3 Å². The zero-order valence-corrected chi connectivity index (χ0v) is 13.2. The van der Waals surface area contributed by atoms with Gasteiger partial charge in [0, 0.05) is 12.1 Å². The lowest BCUT2D eigenvalue weighted by Gasteiger charge is -2.09. The number of amides is 1. The fourth-order valence-electron chi connectivity index (χ4n) is 2.73. The smallest absolute Gasteiger partial charge is 0.255 e. The summed E-state index contributed by atoms with van der Waals surface area (Å²) in [5.41, 5.74) is 2.35. The second-order valence-electron chi connectivity index (χ2n) is 5.43. The first kappa shape index (κ1) is 16.5. The maximum atomic E-state index is 12.3. The summed E-state index contributed by atoms with van der Waals surface area (Å²) in [5.74, 6) is 0.622. The Kier molecular flexibility index (Phi) is 5.98. The average molecular weight is 321 g/mol. The number of carbonyl (C=O) groups is 1. The van der Waals surface area contributed by atoms with Gasteiger partial charge in [0.2, 0.25) is 0 Å². The van der Waals surface area contributed by atoms with Gasteiger partial charge in [-0.2, -0.15) is 5.10 Å². The van der Waals surface area contributed by atoms with Crippen molar-refractivity contribution in [3.8, 4) is 11.3 Å². The van der Waals surface area contributed by atoms with Crippen LogP contribution >= 0.6 is 12.4 Å². The topological polar surface area (TPSA) is 69.8 Å². The molecule has 1 aromatic carbocycles. The highest BCUT2D eigenvalue weighted by atomic mass is 35.5. The second-order valence-corrected chi connectivity index (χ2v) is 5.43. The number of hydrogen-bond donors (Lipinski definition) is 3. The van der Waals surface area contributed by atoms with Gasteiger partial charge in [0.15, 0.2) is 0 Å². The molecule has 1 unspecified atom stereocenters. The molecule has 0 radical (unpaired) electrons. The third kappa shape index (κ3) is 3.87. The fourth-order valence-corrected chi connectivity index (χ4v) is 2.73. The molecule has 6 heteroatoms. The molecule has 118 valence electrons. The monoisotopic (exact) mass is 320 g/mol. The van der Waals surface area contributed by atoms with E-state index in [0.717, 1.165) is 30.8 Å². The highest BCUT2D eigenvalue weighted by Crippen LogP contribution is 2.20. The zero-order chi connectivity index (χ0) is 14.5. The Labute approximate surface area is 136 Å². The van der Waals surface area contributed by atoms with Crippen molar-refractivity contribution in [3.05, 3.63) is 42.1 Å². The first-order valence-electron chi connectivity index (χ1n) is 7.42. The van der Waals surface area contributed by atoms with Crippen LogP contribution in [0, 0.1) is 5.92 Å². The molecule has 2 heterocycles. The molecule has 3 N–H and O–H groups in total. The predicted molar refractivity (Wildman–Crippen MR) is 89.2 cm³/mol. The quantitative estimate of drug-likeness (QED) is 0.791. The van der Waals surface area contributed by atoms with Gasteiger partial charge in [-0.3, -0.25) is 9.89 Å². The van der Waals surface area contributed by atoms with Crippen LogP contribution in [0.4, 0.5) is 0 Å². The standard InChI is InChI=1S/C16H20N4O.ClH/c21-16(18-9-7-12-6-8-17-10-12)14-11-19-20-15(14)13-4-2-1-3-5-13;/h1-5,11-12,17H,6-10H2,(H,18,21)(H,19,20);1H. The Morgan fingerprint density at radius 3 is 2.86 bits per heavy atom. The van der Waals surface area contributed by atoms with E-state index in [4.69, 9.17) is 0 Å². The van der Waals surface area contributed by atoms with Crippen LogP contribution in [0.1, 0.15) is 23.2 Å². The van der Waals surface area contributed by atoms with Crippen LogP contribution in [-0.2, 0) is 0 Å². The van der Waals surface area contributed by atoms with Crippen molar-refractivity contribution in [3.63, 3.8) is 0 Å². The largest absolute Gasteiger partial charge is 0.352 e. The molecule has 22 heavy (non-hydrogen) atoms. The van der Waals surface area contributed by atoms with Crippen molar-refractivity contribution in [2.24, 2.45) is 5.92 Å². The number of benzene rings is 1. The van der Waals surface area contributed by atoms with E-state index in [0.29, 0.717) is 18.0 Å². The number of aromatic nitrogens is 2. The van der Waals surface area contributed by atoms with Crippen LogP contribution in [0.15, 0.2) is 36.5 Å². The molecule has 1 aliphatic heterocycles. The Morgan fingerprint density at radius 1 is 1.32 bits per heavy atom. The number of hydrogen-bond acceptors (Lipinski definition) is 3. The Balaban J connectivity index is 0.00000176. The zero-order valence-electron chi connectivity index (χ0n) is 12.3. The van der Waals surface area contributed by atoms with E-state index < -0.39 is 0 Å². The van der Waals surface area contributed by atoms with Crippen molar-refractivity contribution in [2.45, 2.75) is 12.8 Å². The SMILES string of the molecule is Cl.O=C(NCCC1CCNC1)c1cn[nH]c1-c1ccccc1. The molecule has 1 saturated heterocycles. The van der Waals surface area contributed by atoms with E-state index in [-0.39, 0.29) is 18.3 Å². The molecule has 1 fully saturated rings. The van der Waals surface area contributed by atoms with Gasteiger partial charge >= 0.3 is 0 Å². The summed E-state index contributed by atoms with van der Waals surface area (Å²) in [7, 11) is 0. The Morgan fingerprint density at radius 2 is 2.14 bits per heavy atom. The molecule has 1 amide bonds. The minimum Gasteiger partial charge on any atom is -0.352 e. The summed E-state index contributed by atoms with van der Waals surface area (Å²) in [6.07, 6.45) is 3.82. The summed E-state index contributed by atoms with van der Waals surface area (Å²) in [5, 5.41) is 13.3. The van der Waals surface area contributed by atoms with Gasteiger partial charge < -0.3 is 10.6 Å². The minimum absolute atomic E-state index is 0. The minimum atomic E-state index is -0.0615. The first-order valence-corrected chi connectivity index (χ1v) is 7.42. The fraction of sp³-hybridized carbons (Fsp3) is 0.375. The van der Waals surface area contributed by atoms with Gasteiger partial charge in [0.1, 0.15) is 0 Å². The summed E-state index contributed by atoms with van der Waals surface area (Å²) < 4.78 is 0. The van der Waals surface area contributed by atoms with Gasteiger partial charge in [0.05, 0.1) is 17.5 Å². The first-order chi connectivity index (χ1) is 10.3. The van der Waals surface area contributed by atoms with Crippen LogP contribution in [0.3, 0.4) is 0 Å². The molecule has 0 aliphatic carbocycles. The molecular formula is C16H21ClN4O. The normalized spacial score (nSPS) is 17.0. The lowest BCUT2D eigenvalue weighted by molar-refractivity contribution is 0.0952. The van der Waals surface area contributed by atoms with E-state index in [2.05, 4.69) is 20.8 Å². The number of rotatable bonds is 5. The summed E-state index contributed by atoms with van der Waals surface area (Å²) in [6, 6.07) is 9.79. The van der Waals surface area contributed by atoms with Crippen molar-refractivity contribution >= 4 is 18.3 Å². The van der Waals surface area contributed by atoms with Crippen LogP contribution in [0.5, 0.6) is 0 Å². The Hall–Kier alpha value is -1.85. The van der Waals surface area contributed by atoms with Crippen molar-refractivity contribution < 1.29 is 4.79 Å². The van der Waals surface area contributed by atoms with Crippen molar-refractivity contribution in [2.75, 3.05) is 19.6 Å². The van der Waals surface area contributed by atoms with Crippen molar-refractivity contribution in [1.29, 1.82) is 0 Å². The van der Waals surface area contributed by atoms with E-state index in [1.807, 2.05) is 30.3 Å². The molecule has 0 saturated carbocycles. The van der Waals surface area contributed by atoms with Crippen molar-refractivity contribution in [1.82, 2.24) is 20.8 Å². The third-order valence-electron chi connectivity index (χ3n) is 3.95. The molecule has 5 nitrogen and oxygen atoms in total. The van der Waals surface area contributed by atoms with E-state index in [9.17, 15) is 4.79 Å². The van der Waals surface area contributed by atoms with Crippen LogP contribution in [-0.4, -0.2) is 35.7 Å². The molecule has 1 aliphatic rings. The number of nitrogens with zero attached hydrogens (tertiary/aromatic N) is 1. The highest BCUT2D eigenvalue weighted by molar-refractivity contribution is 5.99. The average Bonchev–Trinajstić information content (AvgIpc) is 3.19. The summed E-state index contributed by atoms with van der Waals surface area (Å²) in [4.78, 5) is 12.3. The molecule has 1 atom stereocenters. The molecule has 2 aromatic rings. The number of aromatic amines is 1. The summed E-state index contributed by atoms with van der Waals surface area (Å²) >= 11 is 0. The lowest BCUT2D eigenvalue weighted by atomic mass is 10.0. The maximum absolute atomic E-state index is 12.3. The Bertz CT molecular complexity index is 593. The molecule has 3 rings (SSSR count). The number of carbonyl (C=O) groups excluding carboxylic acids is 1. The van der Waals surface area contributed by atoms with E-state index in [1.54, 1.807) is 6.20 Å². The lowest BCUT2D eigenvalue weighted by Crippen LogP contribution is -2.26. The van der Waals surface area contributed by atoms with Gasteiger partial charge in [-0.1, -0.05) is 30.3 Å². The predicted octanol–water partition coefficient (Wildman–Crippen LogP) is 2.23. The molecular weight excluding hydrogens is 300 g/mol. The second kappa shape index (κ2) is 7.96. The van der Waals surface area contributed by atoms with Gasteiger partial charge in [0.25, 0.3) is 5.91 Å². The highest BCUT2D eigenvalue weighted by Gasteiger charge is 2.17. The number of nitrogens with one attached hydrogen (secondary N) is 3. The molecule has 0 bridgehead atoms. The third-order valence-corrected chi connectivity index (χ3v) is 3.95.